The number of carbonyl (C=O) groups excluding carboxylic acids is 1. The molecule has 0 spiro atoms. The molecule has 1 amide bonds. The normalized spacial score (nSPS) is 14.9. The molecule has 0 unspecified atom stereocenters. The molecule has 0 atom stereocenters. The van der Waals surface area contributed by atoms with Gasteiger partial charge in [0.15, 0.2) is 0 Å². The third kappa shape index (κ3) is 3.30. The van der Waals surface area contributed by atoms with E-state index in [1.807, 2.05) is 42.2 Å². The van der Waals surface area contributed by atoms with E-state index in [2.05, 4.69) is 15.3 Å². The molecule has 152 valence electrons. The standard InChI is InChI=1S/C22H21N5O3/c1-15-19(13-23-27(15)18-5-3-2-4-6-18)22(28)26-10-7-16(8-11-26)20-24-25-21(30-20)17-9-12-29-14-17/h2-6,9,12-14,16H,7-8,10-11H2,1H3. The van der Waals surface area contributed by atoms with Crippen LogP contribution in [0.2, 0.25) is 0 Å². The summed E-state index contributed by atoms with van der Waals surface area (Å²) in [6, 6.07) is 11.6. The van der Waals surface area contributed by atoms with Gasteiger partial charge in [0.1, 0.15) is 6.26 Å². The van der Waals surface area contributed by atoms with Crippen molar-refractivity contribution in [1.29, 1.82) is 0 Å². The lowest BCUT2D eigenvalue weighted by Gasteiger charge is -2.30. The fourth-order valence-corrected chi connectivity index (χ4v) is 3.85. The molecule has 4 aromatic rings. The van der Waals surface area contributed by atoms with Gasteiger partial charge in [-0.3, -0.25) is 4.79 Å². The number of aromatic nitrogens is 4. The molecule has 1 fully saturated rings. The summed E-state index contributed by atoms with van der Waals surface area (Å²) in [5, 5.41) is 12.7. The summed E-state index contributed by atoms with van der Waals surface area (Å²) in [4.78, 5) is 15.0. The van der Waals surface area contributed by atoms with Crippen molar-refractivity contribution in [3.63, 3.8) is 0 Å². The lowest BCUT2D eigenvalue weighted by atomic mass is 9.96. The highest BCUT2D eigenvalue weighted by atomic mass is 16.4. The first-order valence-electron chi connectivity index (χ1n) is 9.96. The van der Waals surface area contributed by atoms with E-state index in [1.54, 1.807) is 29.5 Å². The minimum absolute atomic E-state index is 0.0118. The van der Waals surface area contributed by atoms with Crippen LogP contribution in [-0.4, -0.2) is 43.9 Å². The number of piperidine rings is 1. The molecule has 0 aliphatic carbocycles. The topological polar surface area (TPSA) is 90.2 Å². The first kappa shape index (κ1) is 18.4. The molecule has 1 saturated heterocycles. The van der Waals surface area contributed by atoms with Gasteiger partial charge in [0, 0.05) is 19.0 Å². The van der Waals surface area contributed by atoms with Crippen LogP contribution < -0.4 is 0 Å². The van der Waals surface area contributed by atoms with E-state index in [9.17, 15) is 4.79 Å². The molecule has 0 bridgehead atoms. The van der Waals surface area contributed by atoms with Gasteiger partial charge >= 0.3 is 0 Å². The zero-order valence-electron chi connectivity index (χ0n) is 16.6. The van der Waals surface area contributed by atoms with Gasteiger partial charge in [-0.15, -0.1) is 10.2 Å². The molecule has 8 heteroatoms. The van der Waals surface area contributed by atoms with Crippen LogP contribution in [0.3, 0.4) is 0 Å². The summed E-state index contributed by atoms with van der Waals surface area (Å²) in [7, 11) is 0. The summed E-state index contributed by atoms with van der Waals surface area (Å²) in [5.74, 6) is 1.24. The van der Waals surface area contributed by atoms with Crippen LogP contribution >= 0.6 is 0 Å². The highest BCUT2D eigenvalue weighted by molar-refractivity contribution is 5.95. The molecule has 30 heavy (non-hydrogen) atoms. The van der Waals surface area contributed by atoms with Gasteiger partial charge in [0.2, 0.25) is 5.89 Å². The Morgan fingerprint density at radius 1 is 1.10 bits per heavy atom. The SMILES string of the molecule is Cc1c(C(=O)N2CCC(c3nnc(-c4ccoc4)o3)CC2)cnn1-c1ccccc1. The number of benzene rings is 1. The predicted molar refractivity (Wildman–Crippen MR) is 108 cm³/mol. The van der Waals surface area contributed by atoms with E-state index in [1.165, 1.54) is 0 Å². The summed E-state index contributed by atoms with van der Waals surface area (Å²) in [6.07, 6.45) is 6.38. The Balaban J connectivity index is 1.26. The van der Waals surface area contributed by atoms with Gasteiger partial charge in [0.05, 0.1) is 35.0 Å². The van der Waals surface area contributed by atoms with Gasteiger partial charge in [-0.05, 0) is 38.0 Å². The molecule has 5 rings (SSSR count). The van der Waals surface area contributed by atoms with Crippen LogP contribution in [0.25, 0.3) is 17.1 Å². The van der Waals surface area contributed by atoms with Crippen molar-refractivity contribution >= 4 is 5.91 Å². The number of hydrogen-bond donors (Lipinski definition) is 0. The molecule has 1 aliphatic rings. The van der Waals surface area contributed by atoms with Crippen LogP contribution in [0, 0.1) is 6.92 Å². The Morgan fingerprint density at radius 2 is 1.90 bits per heavy atom. The Bertz CT molecular complexity index is 1140. The second kappa shape index (κ2) is 7.62. The van der Waals surface area contributed by atoms with Crippen molar-refractivity contribution in [1.82, 2.24) is 24.9 Å². The summed E-state index contributed by atoms with van der Waals surface area (Å²) >= 11 is 0. The van der Waals surface area contributed by atoms with Gasteiger partial charge in [0.25, 0.3) is 11.8 Å². The third-order valence-corrected chi connectivity index (χ3v) is 5.58. The molecule has 8 nitrogen and oxygen atoms in total. The van der Waals surface area contributed by atoms with Crippen LogP contribution in [0.5, 0.6) is 0 Å². The van der Waals surface area contributed by atoms with E-state index in [0.717, 1.165) is 29.8 Å². The van der Waals surface area contributed by atoms with Crippen LogP contribution in [0.4, 0.5) is 0 Å². The number of nitrogens with zero attached hydrogens (tertiary/aromatic N) is 5. The highest BCUT2D eigenvalue weighted by Crippen LogP contribution is 2.30. The first-order chi connectivity index (χ1) is 14.7. The Hall–Kier alpha value is -3.68. The Kier molecular flexibility index (Phi) is 4.66. The number of carbonyl (C=O) groups is 1. The average molecular weight is 403 g/mol. The number of hydrogen-bond acceptors (Lipinski definition) is 6. The van der Waals surface area contributed by atoms with Crippen molar-refractivity contribution in [3.8, 4) is 17.1 Å². The van der Waals surface area contributed by atoms with E-state index in [4.69, 9.17) is 8.83 Å². The van der Waals surface area contributed by atoms with Gasteiger partial charge in [-0.2, -0.15) is 5.10 Å². The molecule has 3 aromatic heterocycles. The van der Waals surface area contributed by atoms with Crippen molar-refractivity contribution in [3.05, 3.63) is 72.3 Å². The monoisotopic (exact) mass is 403 g/mol. The summed E-state index contributed by atoms with van der Waals surface area (Å²) < 4.78 is 12.7. The average Bonchev–Trinajstić information content (AvgIpc) is 3.55. The smallest absolute Gasteiger partial charge is 0.257 e. The second-order valence-electron chi connectivity index (χ2n) is 7.41. The zero-order valence-corrected chi connectivity index (χ0v) is 16.6. The maximum absolute atomic E-state index is 13.1. The highest BCUT2D eigenvalue weighted by Gasteiger charge is 2.29. The molecular weight excluding hydrogens is 382 g/mol. The molecule has 0 radical (unpaired) electrons. The fourth-order valence-electron chi connectivity index (χ4n) is 3.85. The molecule has 0 saturated carbocycles. The molecule has 1 aromatic carbocycles. The van der Waals surface area contributed by atoms with E-state index in [0.29, 0.717) is 30.4 Å². The third-order valence-electron chi connectivity index (χ3n) is 5.58. The van der Waals surface area contributed by atoms with E-state index in [-0.39, 0.29) is 11.8 Å². The van der Waals surface area contributed by atoms with Crippen molar-refractivity contribution < 1.29 is 13.6 Å². The van der Waals surface area contributed by atoms with E-state index >= 15 is 0 Å². The number of likely N-dealkylation sites (tertiary alicyclic amines) is 1. The van der Waals surface area contributed by atoms with Gasteiger partial charge < -0.3 is 13.7 Å². The predicted octanol–water partition coefficient (Wildman–Crippen LogP) is 3.84. The fraction of sp³-hybridized carbons (Fsp3) is 0.273. The minimum Gasteiger partial charge on any atom is -0.472 e. The van der Waals surface area contributed by atoms with Crippen molar-refractivity contribution in [2.45, 2.75) is 25.7 Å². The number of amides is 1. The molecule has 0 N–H and O–H groups in total. The first-order valence-corrected chi connectivity index (χ1v) is 9.96. The lowest BCUT2D eigenvalue weighted by molar-refractivity contribution is 0.0705. The maximum atomic E-state index is 13.1. The quantitative estimate of drug-likeness (QED) is 0.514. The summed E-state index contributed by atoms with van der Waals surface area (Å²) in [5.41, 5.74) is 3.19. The molecule has 4 heterocycles. The Labute approximate surface area is 173 Å². The molecular formula is C22H21N5O3. The van der Waals surface area contributed by atoms with Crippen molar-refractivity contribution in [2.75, 3.05) is 13.1 Å². The molecule has 1 aliphatic heterocycles. The van der Waals surface area contributed by atoms with Crippen molar-refractivity contribution in [2.24, 2.45) is 0 Å². The summed E-state index contributed by atoms with van der Waals surface area (Å²) in [6.45, 7) is 3.21. The number of para-hydroxylation sites is 1. The van der Waals surface area contributed by atoms with Crippen LogP contribution in [0.1, 0.15) is 40.7 Å². The minimum atomic E-state index is 0.0118. The van der Waals surface area contributed by atoms with E-state index < -0.39 is 0 Å². The zero-order chi connectivity index (χ0) is 20.5. The second-order valence-corrected chi connectivity index (χ2v) is 7.41. The Morgan fingerprint density at radius 3 is 2.63 bits per heavy atom. The van der Waals surface area contributed by atoms with Gasteiger partial charge in [-0.25, -0.2) is 4.68 Å². The van der Waals surface area contributed by atoms with Crippen LogP contribution in [-0.2, 0) is 0 Å². The lowest BCUT2D eigenvalue weighted by Crippen LogP contribution is -2.38. The van der Waals surface area contributed by atoms with Crippen LogP contribution in [0.15, 0.2) is 64.0 Å². The van der Waals surface area contributed by atoms with Gasteiger partial charge in [-0.1, -0.05) is 18.2 Å². The maximum Gasteiger partial charge on any atom is 0.257 e. The number of furan rings is 1. The largest absolute Gasteiger partial charge is 0.472 e. The number of rotatable bonds is 4.